The van der Waals surface area contributed by atoms with Crippen molar-refractivity contribution in [2.75, 3.05) is 7.11 Å². The zero-order chi connectivity index (χ0) is 11.0. The Balaban J connectivity index is 3.18. The van der Waals surface area contributed by atoms with Crippen LogP contribution in [0.15, 0.2) is 11.8 Å². The second kappa shape index (κ2) is 3.58. The van der Waals surface area contributed by atoms with Crippen molar-refractivity contribution in [2.45, 2.75) is 46.1 Å². The summed E-state index contributed by atoms with van der Waals surface area (Å²) in [7, 11) is 1.68. The van der Waals surface area contributed by atoms with E-state index in [2.05, 4.69) is 20.8 Å². The topological polar surface area (TPSA) is 29.5 Å². The first kappa shape index (κ1) is 11.6. The first-order chi connectivity index (χ1) is 6.42. The lowest BCUT2D eigenvalue weighted by atomic mass is 9.60. The van der Waals surface area contributed by atoms with Gasteiger partial charge in [-0.15, -0.1) is 0 Å². The summed E-state index contributed by atoms with van der Waals surface area (Å²) in [6.07, 6.45) is 3.84. The number of ether oxygens (including phenoxy) is 1. The second-order valence-corrected chi connectivity index (χ2v) is 4.73. The summed E-state index contributed by atoms with van der Waals surface area (Å²) in [5.41, 5.74) is -0.514. The van der Waals surface area contributed by atoms with Crippen molar-refractivity contribution in [3.05, 3.63) is 11.8 Å². The van der Waals surface area contributed by atoms with Gasteiger partial charge < -0.3 is 9.84 Å². The number of hydrogen-bond donors (Lipinski definition) is 1. The van der Waals surface area contributed by atoms with Gasteiger partial charge in [0, 0.05) is 12.5 Å². The molecule has 0 saturated carbocycles. The average molecular weight is 198 g/mol. The van der Waals surface area contributed by atoms with Crippen LogP contribution >= 0.6 is 0 Å². The van der Waals surface area contributed by atoms with E-state index in [1.54, 1.807) is 7.11 Å². The lowest BCUT2D eigenvalue weighted by Crippen LogP contribution is -2.52. The highest BCUT2D eigenvalue weighted by Gasteiger charge is 2.51. The van der Waals surface area contributed by atoms with Gasteiger partial charge in [0.1, 0.15) is 11.4 Å². The van der Waals surface area contributed by atoms with Crippen molar-refractivity contribution in [2.24, 2.45) is 11.3 Å². The normalized spacial score (nSPS) is 43.5. The molecule has 0 radical (unpaired) electrons. The highest BCUT2D eigenvalue weighted by molar-refractivity contribution is 5.20. The molecular formula is C12H22O2. The summed E-state index contributed by atoms with van der Waals surface area (Å²) in [6, 6.07) is 0. The molecule has 1 unspecified atom stereocenters. The van der Waals surface area contributed by atoms with E-state index in [0.717, 1.165) is 12.8 Å². The number of aliphatic hydroxyl groups excluding tert-OH is 1. The molecule has 0 spiro atoms. The maximum Gasteiger partial charge on any atom is 0.127 e. The summed E-state index contributed by atoms with van der Waals surface area (Å²) in [6.45, 7) is 8.57. The molecule has 0 aromatic rings. The van der Waals surface area contributed by atoms with Crippen LogP contribution in [0.25, 0.3) is 0 Å². The standard InChI is InChI=1S/C12H22O2/c1-6-11(3)9(2)7-8-10(13)12(11,4)14-5/h8-9,13H,6-7H2,1-5H3/t9?,11-,12-/m0/s1. The third-order valence-electron chi connectivity index (χ3n) is 4.47. The summed E-state index contributed by atoms with van der Waals surface area (Å²) in [5.74, 6) is 0.927. The zero-order valence-corrected chi connectivity index (χ0v) is 9.92. The molecule has 0 aliphatic heterocycles. The Morgan fingerprint density at radius 1 is 1.57 bits per heavy atom. The van der Waals surface area contributed by atoms with Crippen molar-refractivity contribution in [1.82, 2.24) is 0 Å². The number of aliphatic hydroxyl groups is 1. The lowest BCUT2D eigenvalue weighted by molar-refractivity contribution is -0.122. The minimum atomic E-state index is -0.528. The van der Waals surface area contributed by atoms with Gasteiger partial charge in [0.05, 0.1) is 0 Å². The molecule has 0 saturated heterocycles. The van der Waals surface area contributed by atoms with E-state index in [-0.39, 0.29) is 5.41 Å². The van der Waals surface area contributed by atoms with Crippen molar-refractivity contribution >= 4 is 0 Å². The van der Waals surface area contributed by atoms with Crippen molar-refractivity contribution in [1.29, 1.82) is 0 Å². The van der Waals surface area contributed by atoms with E-state index in [1.165, 1.54) is 0 Å². The zero-order valence-electron chi connectivity index (χ0n) is 9.92. The maximum absolute atomic E-state index is 9.95. The molecule has 1 N–H and O–H groups in total. The molecule has 2 heteroatoms. The van der Waals surface area contributed by atoms with Crippen LogP contribution in [0.1, 0.15) is 40.5 Å². The molecule has 14 heavy (non-hydrogen) atoms. The van der Waals surface area contributed by atoms with E-state index in [4.69, 9.17) is 4.74 Å². The summed E-state index contributed by atoms with van der Waals surface area (Å²) in [4.78, 5) is 0. The molecule has 0 aromatic carbocycles. The summed E-state index contributed by atoms with van der Waals surface area (Å²) in [5, 5.41) is 9.95. The number of methoxy groups -OCH3 is 1. The fourth-order valence-corrected chi connectivity index (χ4v) is 2.53. The van der Waals surface area contributed by atoms with Crippen LogP contribution in [0.4, 0.5) is 0 Å². The van der Waals surface area contributed by atoms with E-state index in [0.29, 0.717) is 11.7 Å². The van der Waals surface area contributed by atoms with Crippen LogP contribution in [-0.2, 0) is 4.74 Å². The summed E-state index contributed by atoms with van der Waals surface area (Å²) >= 11 is 0. The van der Waals surface area contributed by atoms with Gasteiger partial charge in [-0.1, -0.05) is 20.8 Å². The first-order valence-corrected chi connectivity index (χ1v) is 5.37. The molecule has 1 aliphatic carbocycles. The Labute approximate surface area is 87.0 Å². The number of rotatable bonds is 2. The van der Waals surface area contributed by atoms with Gasteiger partial charge in [0.2, 0.25) is 0 Å². The Morgan fingerprint density at radius 3 is 2.50 bits per heavy atom. The molecule has 82 valence electrons. The monoisotopic (exact) mass is 198 g/mol. The highest BCUT2D eigenvalue weighted by atomic mass is 16.5. The third-order valence-corrected chi connectivity index (χ3v) is 4.47. The number of allylic oxidation sites excluding steroid dienone is 1. The number of hydrogen-bond acceptors (Lipinski definition) is 2. The van der Waals surface area contributed by atoms with Gasteiger partial charge in [-0.05, 0) is 31.8 Å². The molecule has 0 aromatic heterocycles. The molecule has 0 fully saturated rings. The Hall–Kier alpha value is -0.500. The SMILES string of the molecule is CC[C@@]1(C)C(C)CC=C(O)[C@]1(C)OC. The fourth-order valence-electron chi connectivity index (χ4n) is 2.53. The maximum atomic E-state index is 9.95. The molecule has 0 amide bonds. The first-order valence-electron chi connectivity index (χ1n) is 5.37. The molecule has 0 heterocycles. The van der Waals surface area contributed by atoms with Gasteiger partial charge in [-0.25, -0.2) is 0 Å². The van der Waals surface area contributed by atoms with Crippen molar-refractivity contribution in [3.8, 4) is 0 Å². The van der Waals surface area contributed by atoms with Crippen LogP contribution in [0.2, 0.25) is 0 Å². The molecular weight excluding hydrogens is 176 g/mol. The molecule has 3 atom stereocenters. The van der Waals surface area contributed by atoms with E-state index in [9.17, 15) is 5.11 Å². The van der Waals surface area contributed by atoms with Crippen LogP contribution in [0.5, 0.6) is 0 Å². The van der Waals surface area contributed by atoms with Crippen LogP contribution in [0, 0.1) is 11.3 Å². The Bertz CT molecular complexity index is 247. The van der Waals surface area contributed by atoms with Gasteiger partial charge in [-0.3, -0.25) is 0 Å². The molecule has 1 rings (SSSR count). The minimum Gasteiger partial charge on any atom is -0.510 e. The summed E-state index contributed by atoms with van der Waals surface area (Å²) < 4.78 is 5.55. The highest BCUT2D eigenvalue weighted by Crippen LogP contribution is 2.51. The van der Waals surface area contributed by atoms with Crippen LogP contribution < -0.4 is 0 Å². The van der Waals surface area contributed by atoms with E-state index >= 15 is 0 Å². The Kier molecular flexibility index (Phi) is 2.96. The predicted molar refractivity (Wildman–Crippen MR) is 58.3 cm³/mol. The van der Waals surface area contributed by atoms with Crippen molar-refractivity contribution in [3.63, 3.8) is 0 Å². The van der Waals surface area contributed by atoms with Gasteiger partial charge >= 0.3 is 0 Å². The fraction of sp³-hybridized carbons (Fsp3) is 0.833. The second-order valence-electron chi connectivity index (χ2n) is 4.73. The van der Waals surface area contributed by atoms with Crippen LogP contribution in [0.3, 0.4) is 0 Å². The molecule has 2 nitrogen and oxygen atoms in total. The molecule has 0 bridgehead atoms. The lowest BCUT2D eigenvalue weighted by Gasteiger charge is -2.50. The quantitative estimate of drug-likeness (QED) is 0.737. The van der Waals surface area contributed by atoms with Gasteiger partial charge in [-0.2, -0.15) is 0 Å². The smallest absolute Gasteiger partial charge is 0.127 e. The Morgan fingerprint density at radius 2 is 2.14 bits per heavy atom. The molecule has 1 aliphatic rings. The van der Waals surface area contributed by atoms with Gasteiger partial charge in [0.25, 0.3) is 0 Å². The van der Waals surface area contributed by atoms with E-state index in [1.807, 2.05) is 13.0 Å². The van der Waals surface area contributed by atoms with Gasteiger partial charge in [0.15, 0.2) is 0 Å². The largest absolute Gasteiger partial charge is 0.510 e. The van der Waals surface area contributed by atoms with Crippen LogP contribution in [-0.4, -0.2) is 17.8 Å². The van der Waals surface area contributed by atoms with E-state index < -0.39 is 5.60 Å². The minimum absolute atomic E-state index is 0.0145. The third kappa shape index (κ3) is 1.28. The predicted octanol–water partition coefficient (Wildman–Crippen LogP) is 3.29. The van der Waals surface area contributed by atoms with Crippen molar-refractivity contribution < 1.29 is 9.84 Å². The average Bonchev–Trinajstić information content (AvgIpc) is 2.20.